The monoisotopic (exact) mass is 345 g/mol. The van der Waals surface area contributed by atoms with Crippen molar-refractivity contribution in [2.24, 2.45) is 0 Å². The van der Waals surface area contributed by atoms with E-state index in [4.69, 9.17) is 16.0 Å². The first-order chi connectivity index (χ1) is 10.8. The second kappa shape index (κ2) is 5.74. The zero-order chi connectivity index (χ0) is 16.8. The first kappa shape index (κ1) is 16.2. The van der Waals surface area contributed by atoms with Gasteiger partial charge in [0.15, 0.2) is 17.6 Å². The van der Waals surface area contributed by atoms with E-state index in [0.717, 1.165) is 22.1 Å². The molecule has 0 radical (unpaired) electrons. The van der Waals surface area contributed by atoms with Crippen LogP contribution in [0.1, 0.15) is 36.9 Å². The van der Waals surface area contributed by atoms with Crippen LogP contribution in [-0.2, 0) is 5.41 Å². The Kier molecular flexibility index (Phi) is 4.03. The van der Waals surface area contributed by atoms with Crippen LogP contribution in [0.15, 0.2) is 34.7 Å². The molecule has 0 amide bonds. The predicted octanol–water partition coefficient (Wildman–Crippen LogP) is 4.76. The number of carbonyl (C=O) groups is 1. The van der Waals surface area contributed by atoms with Crippen molar-refractivity contribution in [3.8, 4) is 11.3 Å². The van der Waals surface area contributed by atoms with Gasteiger partial charge in [-0.1, -0.05) is 38.4 Å². The van der Waals surface area contributed by atoms with Crippen LogP contribution in [0.2, 0.25) is 5.02 Å². The highest BCUT2D eigenvalue weighted by Crippen LogP contribution is 2.34. The molecular formula is C18H17ClNO2P. The third-order valence-corrected chi connectivity index (χ3v) is 4.72. The summed E-state index contributed by atoms with van der Waals surface area (Å²) in [7, 11) is 2.62. The predicted molar refractivity (Wildman–Crippen MR) is 97.9 cm³/mol. The van der Waals surface area contributed by atoms with Crippen molar-refractivity contribution < 1.29 is 9.21 Å². The summed E-state index contributed by atoms with van der Waals surface area (Å²) in [5.41, 5.74) is 4.05. The fraction of sp³-hybridized carbons (Fsp3) is 0.222. The minimum atomic E-state index is -0.135. The Bertz CT molecular complexity index is 909. The third-order valence-electron chi connectivity index (χ3n) is 3.71. The summed E-state index contributed by atoms with van der Waals surface area (Å²) in [4.78, 5) is 15.7. The van der Waals surface area contributed by atoms with Gasteiger partial charge in [0.1, 0.15) is 5.52 Å². The maximum atomic E-state index is 11.0. The van der Waals surface area contributed by atoms with E-state index >= 15 is 0 Å². The standard InChI is InChI=1S/C18H17ClNO2P/c1-18(2,3)12-8-14(10-4-5-13(19)16(23)6-10)20-15-7-11(9-21)22-17(12)15/h4-9H,23H2,1-3H3. The number of carbonyl (C=O) groups excluding carboxylic acids is 1. The summed E-state index contributed by atoms with van der Waals surface area (Å²) >= 11 is 6.09. The minimum absolute atomic E-state index is 0.135. The Balaban J connectivity index is 2.29. The lowest BCUT2D eigenvalue weighted by molar-refractivity contribution is 0.110. The van der Waals surface area contributed by atoms with Crippen LogP contribution in [0, 0.1) is 0 Å². The number of nitrogens with zero attached hydrogens (tertiary/aromatic N) is 1. The smallest absolute Gasteiger partial charge is 0.185 e. The Hall–Kier alpha value is -1.70. The van der Waals surface area contributed by atoms with Crippen LogP contribution in [0.5, 0.6) is 0 Å². The van der Waals surface area contributed by atoms with Gasteiger partial charge in [0, 0.05) is 22.2 Å². The van der Waals surface area contributed by atoms with Crippen molar-refractivity contribution in [1.29, 1.82) is 0 Å². The van der Waals surface area contributed by atoms with Gasteiger partial charge in [-0.2, -0.15) is 0 Å². The summed E-state index contributed by atoms with van der Waals surface area (Å²) in [6.07, 6.45) is 0.705. The number of rotatable bonds is 2. The Labute approximate surface area is 142 Å². The average Bonchev–Trinajstić information content (AvgIpc) is 2.90. The molecule has 0 fully saturated rings. The second-order valence-corrected chi connectivity index (χ2v) is 7.55. The Morgan fingerprint density at radius 3 is 2.57 bits per heavy atom. The molecule has 0 aliphatic heterocycles. The summed E-state index contributed by atoms with van der Waals surface area (Å²) < 4.78 is 5.65. The summed E-state index contributed by atoms with van der Waals surface area (Å²) in [6, 6.07) is 9.48. The van der Waals surface area contributed by atoms with Crippen LogP contribution in [0.25, 0.3) is 22.4 Å². The molecule has 3 nitrogen and oxygen atoms in total. The Morgan fingerprint density at radius 2 is 1.96 bits per heavy atom. The average molecular weight is 346 g/mol. The maximum absolute atomic E-state index is 11.0. The van der Waals surface area contributed by atoms with Crippen LogP contribution in [0.4, 0.5) is 0 Å². The van der Waals surface area contributed by atoms with E-state index in [2.05, 4.69) is 35.0 Å². The molecule has 0 aliphatic carbocycles. The third kappa shape index (κ3) is 3.04. The first-order valence-electron chi connectivity index (χ1n) is 7.25. The topological polar surface area (TPSA) is 43.1 Å². The molecule has 0 aliphatic rings. The minimum Gasteiger partial charge on any atom is -0.451 e. The molecule has 0 spiro atoms. The molecule has 23 heavy (non-hydrogen) atoms. The molecule has 2 aromatic heterocycles. The van der Waals surface area contributed by atoms with Gasteiger partial charge in [0.05, 0.1) is 5.69 Å². The van der Waals surface area contributed by atoms with Gasteiger partial charge >= 0.3 is 0 Å². The molecule has 0 saturated carbocycles. The summed E-state index contributed by atoms with van der Waals surface area (Å²) in [5, 5.41) is 1.62. The highest BCUT2D eigenvalue weighted by atomic mass is 35.5. The normalized spacial score (nSPS) is 11.9. The van der Waals surface area contributed by atoms with Crippen molar-refractivity contribution in [2.45, 2.75) is 26.2 Å². The van der Waals surface area contributed by atoms with Crippen LogP contribution in [-0.4, -0.2) is 11.3 Å². The molecule has 3 rings (SSSR count). The van der Waals surface area contributed by atoms with Crippen molar-refractivity contribution in [3.05, 3.63) is 46.7 Å². The van der Waals surface area contributed by atoms with Gasteiger partial charge < -0.3 is 4.42 Å². The lowest BCUT2D eigenvalue weighted by atomic mass is 9.86. The number of hydrogen-bond acceptors (Lipinski definition) is 3. The largest absolute Gasteiger partial charge is 0.451 e. The van der Waals surface area contributed by atoms with E-state index < -0.39 is 0 Å². The van der Waals surface area contributed by atoms with Crippen molar-refractivity contribution in [2.75, 3.05) is 0 Å². The molecule has 0 N–H and O–H groups in total. The molecule has 0 bridgehead atoms. The fourth-order valence-electron chi connectivity index (χ4n) is 2.51. The molecular weight excluding hydrogens is 329 g/mol. The van der Waals surface area contributed by atoms with E-state index in [9.17, 15) is 4.79 Å². The van der Waals surface area contributed by atoms with Gasteiger partial charge in [-0.25, -0.2) is 4.98 Å². The van der Waals surface area contributed by atoms with Crippen molar-refractivity contribution >= 4 is 43.5 Å². The Morgan fingerprint density at radius 1 is 1.22 bits per heavy atom. The van der Waals surface area contributed by atoms with Gasteiger partial charge in [-0.15, -0.1) is 9.24 Å². The van der Waals surface area contributed by atoms with E-state index in [-0.39, 0.29) is 11.2 Å². The molecule has 118 valence electrons. The quantitative estimate of drug-likeness (QED) is 0.497. The number of halogens is 1. The summed E-state index contributed by atoms with van der Waals surface area (Å²) in [6.45, 7) is 6.33. The SMILES string of the molecule is CC(C)(C)c1cc(-c2ccc(Cl)c(P)c2)nc2cc(C=O)oc12. The lowest BCUT2D eigenvalue weighted by Gasteiger charge is -2.20. The fourth-order valence-corrected chi connectivity index (χ4v) is 2.90. The van der Waals surface area contributed by atoms with E-state index in [0.29, 0.717) is 22.4 Å². The van der Waals surface area contributed by atoms with Crippen LogP contribution in [0.3, 0.4) is 0 Å². The highest BCUT2D eigenvalue weighted by molar-refractivity contribution is 7.28. The number of hydrogen-bond donors (Lipinski definition) is 0. The number of fused-ring (bicyclic) bond motifs is 1. The molecule has 3 aromatic rings. The van der Waals surface area contributed by atoms with Crippen LogP contribution < -0.4 is 5.30 Å². The van der Waals surface area contributed by atoms with Gasteiger partial charge in [-0.05, 0) is 28.9 Å². The van der Waals surface area contributed by atoms with Gasteiger partial charge in [0.2, 0.25) is 0 Å². The van der Waals surface area contributed by atoms with Gasteiger partial charge in [0.25, 0.3) is 0 Å². The van der Waals surface area contributed by atoms with Crippen molar-refractivity contribution in [1.82, 2.24) is 4.98 Å². The number of aldehydes is 1. The molecule has 2 heterocycles. The highest BCUT2D eigenvalue weighted by Gasteiger charge is 2.22. The lowest BCUT2D eigenvalue weighted by Crippen LogP contribution is -2.12. The molecule has 1 atom stereocenters. The number of furan rings is 1. The summed E-state index contributed by atoms with van der Waals surface area (Å²) in [5.74, 6) is 0.290. The maximum Gasteiger partial charge on any atom is 0.185 e. The number of benzene rings is 1. The zero-order valence-corrected chi connectivity index (χ0v) is 15.1. The molecule has 0 saturated heterocycles. The second-order valence-electron chi connectivity index (χ2n) is 6.52. The van der Waals surface area contributed by atoms with Crippen molar-refractivity contribution in [3.63, 3.8) is 0 Å². The first-order valence-corrected chi connectivity index (χ1v) is 8.21. The number of aromatic nitrogens is 1. The van der Waals surface area contributed by atoms with E-state index in [1.54, 1.807) is 6.07 Å². The molecule has 1 unspecified atom stereocenters. The van der Waals surface area contributed by atoms with Crippen LogP contribution >= 0.6 is 20.8 Å². The van der Waals surface area contributed by atoms with E-state index in [1.807, 2.05) is 24.3 Å². The number of pyridine rings is 1. The molecule has 5 heteroatoms. The van der Waals surface area contributed by atoms with E-state index in [1.165, 1.54) is 0 Å². The molecule has 1 aromatic carbocycles. The zero-order valence-electron chi connectivity index (χ0n) is 13.2. The van der Waals surface area contributed by atoms with Gasteiger partial charge in [-0.3, -0.25) is 4.79 Å².